The molecule has 6 nitrogen and oxygen atoms in total. The lowest BCUT2D eigenvalue weighted by atomic mass is 10.0. The molecule has 0 saturated carbocycles. The van der Waals surface area contributed by atoms with Crippen LogP contribution in [0.25, 0.3) is 11.1 Å². The highest BCUT2D eigenvalue weighted by molar-refractivity contribution is 6.05. The zero-order valence-corrected chi connectivity index (χ0v) is 16.7. The number of carbonyl (C=O) groups is 2. The average molecular weight is 409 g/mol. The molecule has 0 aliphatic carbocycles. The fourth-order valence-electron chi connectivity index (χ4n) is 3.05. The first kappa shape index (κ1) is 20.9. The van der Waals surface area contributed by atoms with E-state index in [1.54, 1.807) is 48.7 Å². The zero-order chi connectivity index (χ0) is 21.7. The van der Waals surface area contributed by atoms with Gasteiger partial charge in [-0.1, -0.05) is 24.3 Å². The Balaban J connectivity index is 2.12. The van der Waals surface area contributed by atoms with Gasteiger partial charge >= 0.3 is 11.9 Å². The van der Waals surface area contributed by atoms with Crippen molar-refractivity contribution in [2.45, 2.75) is 0 Å². The predicted octanol–water partition coefficient (Wildman–Crippen LogP) is 3.99. The minimum atomic E-state index is -0.701. The summed E-state index contributed by atoms with van der Waals surface area (Å²) in [6.45, 7) is 0. The first-order valence-corrected chi connectivity index (χ1v) is 8.99. The highest BCUT2D eigenvalue weighted by Crippen LogP contribution is 2.31. The first-order valence-electron chi connectivity index (χ1n) is 8.99. The molecule has 1 heterocycles. The van der Waals surface area contributed by atoms with Crippen LogP contribution < -0.4 is 9.64 Å². The van der Waals surface area contributed by atoms with E-state index in [9.17, 15) is 14.0 Å². The minimum Gasteiger partial charge on any atom is -0.494 e. The predicted molar refractivity (Wildman–Crippen MR) is 110 cm³/mol. The summed E-state index contributed by atoms with van der Waals surface area (Å²) >= 11 is 0. The van der Waals surface area contributed by atoms with Crippen molar-refractivity contribution in [3.63, 3.8) is 0 Å². The SMILES string of the molecule is COC(=O)C1=C(C(=O)OC)N(c2cccc(-c3ccc(OC)c(F)c3)c2)C=CC=C1. The summed E-state index contributed by atoms with van der Waals surface area (Å²) < 4.78 is 28.8. The average Bonchev–Trinajstić information content (AvgIpc) is 3.01. The molecular formula is C23H20FNO5. The number of hydrogen-bond donors (Lipinski definition) is 0. The molecule has 1 aliphatic rings. The maximum Gasteiger partial charge on any atom is 0.355 e. The van der Waals surface area contributed by atoms with Crippen molar-refractivity contribution in [1.82, 2.24) is 0 Å². The first-order chi connectivity index (χ1) is 14.5. The Morgan fingerprint density at radius 2 is 1.63 bits per heavy atom. The van der Waals surface area contributed by atoms with Gasteiger partial charge < -0.3 is 19.1 Å². The summed E-state index contributed by atoms with van der Waals surface area (Å²) in [5.41, 5.74) is 1.97. The lowest BCUT2D eigenvalue weighted by Gasteiger charge is -2.23. The number of ether oxygens (including phenoxy) is 3. The number of carbonyl (C=O) groups excluding carboxylic acids is 2. The second kappa shape index (κ2) is 9.09. The number of hydrogen-bond acceptors (Lipinski definition) is 6. The van der Waals surface area contributed by atoms with E-state index in [2.05, 4.69) is 0 Å². The van der Waals surface area contributed by atoms with Crippen molar-refractivity contribution >= 4 is 17.6 Å². The number of esters is 2. The van der Waals surface area contributed by atoms with Crippen molar-refractivity contribution in [1.29, 1.82) is 0 Å². The lowest BCUT2D eigenvalue weighted by Crippen LogP contribution is -2.26. The number of anilines is 1. The summed E-state index contributed by atoms with van der Waals surface area (Å²) in [7, 11) is 3.87. The van der Waals surface area contributed by atoms with E-state index >= 15 is 0 Å². The van der Waals surface area contributed by atoms with E-state index in [0.29, 0.717) is 16.8 Å². The molecule has 0 unspecified atom stereocenters. The molecule has 7 heteroatoms. The van der Waals surface area contributed by atoms with Gasteiger partial charge in [0, 0.05) is 11.9 Å². The standard InChI is InChI=1S/C23H20FNO5/c1-28-20-11-10-16(14-19(20)24)15-7-6-8-17(13-15)25-12-5-4-9-18(22(26)29-2)21(25)23(27)30-3/h4-14H,1-3H3. The molecule has 3 rings (SSSR count). The zero-order valence-electron chi connectivity index (χ0n) is 16.7. The molecule has 1 aliphatic heterocycles. The second-order valence-corrected chi connectivity index (χ2v) is 6.22. The van der Waals surface area contributed by atoms with Crippen molar-refractivity contribution in [2.75, 3.05) is 26.2 Å². The number of rotatable bonds is 5. The molecule has 30 heavy (non-hydrogen) atoms. The van der Waals surface area contributed by atoms with E-state index in [1.807, 2.05) is 6.07 Å². The Morgan fingerprint density at radius 1 is 0.900 bits per heavy atom. The number of benzene rings is 2. The molecule has 0 saturated heterocycles. The molecule has 0 fully saturated rings. The Labute approximate surface area is 173 Å². The summed E-state index contributed by atoms with van der Waals surface area (Å²) in [5, 5.41) is 0. The van der Waals surface area contributed by atoms with Crippen LogP contribution in [0.3, 0.4) is 0 Å². The molecule has 2 aromatic carbocycles. The van der Waals surface area contributed by atoms with E-state index in [-0.39, 0.29) is 17.0 Å². The monoisotopic (exact) mass is 409 g/mol. The van der Waals surface area contributed by atoms with Crippen LogP contribution >= 0.6 is 0 Å². The van der Waals surface area contributed by atoms with Gasteiger partial charge in [0.1, 0.15) is 5.70 Å². The molecule has 0 atom stereocenters. The third-order valence-corrected chi connectivity index (χ3v) is 4.50. The number of nitrogens with zero attached hydrogens (tertiary/aromatic N) is 1. The van der Waals surface area contributed by atoms with Gasteiger partial charge in [-0.25, -0.2) is 14.0 Å². The van der Waals surface area contributed by atoms with Gasteiger partial charge in [-0.15, -0.1) is 0 Å². The summed E-state index contributed by atoms with van der Waals surface area (Å²) in [4.78, 5) is 26.3. The molecule has 0 radical (unpaired) electrons. The number of allylic oxidation sites excluding steroid dienone is 2. The third-order valence-electron chi connectivity index (χ3n) is 4.50. The van der Waals surface area contributed by atoms with Gasteiger partial charge in [-0.05, 0) is 47.5 Å². The highest BCUT2D eigenvalue weighted by Gasteiger charge is 2.27. The van der Waals surface area contributed by atoms with Gasteiger partial charge in [-0.2, -0.15) is 0 Å². The largest absolute Gasteiger partial charge is 0.494 e. The van der Waals surface area contributed by atoms with Crippen LogP contribution in [-0.2, 0) is 19.1 Å². The maximum absolute atomic E-state index is 14.2. The van der Waals surface area contributed by atoms with Crippen molar-refractivity contribution in [3.05, 3.63) is 84.0 Å². The Morgan fingerprint density at radius 3 is 2.30 bits per heavy atom. The van der Waals surface area contributed by atoms with Crippen LogP contribution in [0.15, 0.2) is 78.2 Å². The summed E-state index contributed by atoms with van der Waals surface area (Å²) in [6.07, 6.45) is 6.42. The smallest absolute Gasteiger partial charge is 0.355 e. The molecule has 0 bridgehead atoms. The molecule has 0 amide bonds. The van der Waals surface area contributed by atoms with Gasteiger partial charge in [0.25, 0.3) is 0 Å². The van der Waals surface area contributed by atoms with E-state index < -0.39 is 17.8 Å². The number of methoxy groups -OCH3 is 3. The third kappa shape index (κ3) is 4.10. The fraction of sp³-hybridized carbons (Fsp3) is 0.130. The van der Waals surface area contributed by atoms with Crippen LogP contribution in [0.1, 0.15) is 0 Å². The summed E-state index contributed by atoms with van der Waals surface area (Å²) in [5.74, 6) is -1.71. The molecule has 2 aromatic rings. The lowest BCUT2D eigenvalue weighted by molar-refractivity contribution is -0.139. The maximum atomic E-state index is 14.2. The molecule has 0 aromatic heterocycles. The Bertz CT molecular complexity index is 1070. The normalized spacial score (nSPS) is 13.1. The van der Waals surface area contributed by atoms with E-state index in [0.717, 1.165) is 0 Å². The van der Waals surface area contributed by atoms with Gasteiger partial charge in [0.15, 0.2) is 11.6 Å². The van der Waals surface area contributed by atoms with Gasteiger partial charge in [0.05, 0.1) is 26.9 Å². The Kier molecular flexibility index (Phi) is 6.32. The van der Waals surface area contributed by atoms with Crippen molar-refractivity contribution in [2.24, 2.45) is 0 Å². The van der Waals surface area contributed by atoms with Crippen molar-refractivity contribution < 1.29 is 28.2 Å². The quantitative estimate of drug-likeness (QED) is 0.696. The van der Waals surface area contributed by atoms with E-state index in [4.69, 9.17) is 14.2 Å². The topological polar surface area (TPSA) is 65.1 Å². The molecular weight excluding hydrogens is 389 g/mol. The van der Waals surface area contributed by atoms with E-state index in [1.165, 1.54) is 38.4 Å². The molecule has 154 valence electrons. The van der Waals surface area contributed by atoms with Gasteiger partial charge in [-0.3, -0.25) is 0 Å². The Hall–Kier alpha value is -3.87. The minimum absolute atomic E-state index is 0.00686. The molecule has 0 spiro atoms. The fourth-order valence-corrected chi connectivity index (χ4v) is 3.05. The van der Waals surface area contributed by atoms with Crippen molar-refractivity contribution in [3.8, 4) is 16.9 Å². The van der Waals surface area contributed by atoms with Crippen LogP contribution in [0, 0.1) is 5.82 Å². The second-order valence-electron chi connectivity index (χ2n) is 6.22. The van der Waals surface area contributed by atoms with Crippen LogP contribution in [0.4, 0.5) is 10.1 Å². The van der Waals surface area contributed by atoms with Crippen LogP contribution in [0.2, 0.25) is 0 Å². The summed E-state index contributed by atoms with van der Waals surface area (Å²) in [6, 6.07) is 11.8. The molecule has 0 N–H and O–H groups in total. The number of halogens is 1. The van der Waals surface area contributed by atoms with Crippen LogP contribution in [-0.4, -0.2) is 33.3 Å². The van der Waals surface area contributed by atoms with Gasteiger partial charge in [0.2, 0.25) is 0 Å². The highest BCUT2D eigenvalue weighted by atomic mass is 19.1. The van der Waals surface area contributed by atoms with Crippen LogP contribution in [0.5, 0.6) is 5.75 Å².